The normalized spacial score (nSPS) is 10.1. The van der Waals surface area contributed by atoms with E-state index in [1.807, 2.05) is 0 Å². The molecule has 0 atom stereocenters. The van der Waals surface area contributed by atoms with Gasteiger partial charge in [0.25, 0.3) is 6.43 Å². The molecular formula is C11H10F2N2O2. The largest absolute Gasteiger partial charge is 0.461 e. The number of esters is 1. The molecule has 0 aliphatic carbocycles. The lowest BCUT2D eigenvalue weighted by Gasteiger charge is -2.09. The molecule has 0 aliphatic heterocycles. The second-order valence-corrected chi connectivity index (χ2v) is 3.21. The summed E-state index contributed by atoms with van der Waals surface area (Å²) >= 11 is 0. The molecule has 0 bridgehead atoms. The van der Waals surface area contributed by atoms with Crippen molar-refractivity contribution in [3.8, 4) is 6.07 Å². The van der Waals surface area contributed by atoms with E-state index in [9.17, 15) is 13.6 Å². The number of carbonyl (C=O) groups is 1. The summed E-state index contributed by atoms with van der Waals surface area (Å²) < 4.78 is 30.2. The summed E-state index contributed by atoms with van der Waals surface area (Å²) in [6.45, 7) is 3.12. The first-order chi connectivity index (χ1) is 8.01. The molecule has 4 nitrogen and oxygen atoms in total. The number of alkyl halides is 2. The SMILES string of the molecule is CCOC(=O)c1nc(C)cc(C#N)c1C(F)F. The van der Waals surface area contributed by atoms with E-state index in [1.165, 1.54) is 13.0 Å². The summed E-state index contributed by atoms with van der Waals surface area (Å²) in [5.41, 5.74) is -1.10. The van der Waals surface area contributed by atoms with Crippen LogP contribution in [0.3, 0.4) is 0 Å². The Morgan fingerprint density at radius 3 is 2.76 bits per heavy atom. The minimum absolute atomic E-state index is 0.0546. The Hall–Kier alpha value is -2.03. The zero-order chi connectivity index (χ0) is 13.0. The van der Waals surface area contributed by atoms with Gasteiger partial charge in [-0.05, 0) is 19.9 Å². The maximum absolute atomic E-state index is 12.8. The lowest BCUT2D eigenvalue weighted by Crippen LogP contribution is -2.13. The minimum atomic E-state index is -2.95. The van der Waals surface area contributed by atoms with Gasteiger partial charge in [-0.1, -0.05) is 0 Å². The van der Waals surface area contributed by atoms with Crippen LogP contribution in [0.2, 0.25) is 0 Å². The highest BCUT2D eigenvalue weighted by atomic mass is 19.3. The minimum Gasteiger partial charge on any atom is -0.461 e. The molecule has 0 aliphatic rings. The van der Waals surface area contributed by atoms with E-state index in [4.69, 9.17) is 5.26 Å². The van der Waals surface area contributed by atoms with Crippen molar-refractivity contribution in [1.82, 2.24) is 4.98 Å². The topological polar surface area (TPSA) is 63.0 Å². The molecule has 0 radical (unpaired) electrons. The van der Waals surface area contributed by atoms with E-state index >= 15 is 0 Å². The lowest BCUT2D eigenvalue weighted by atomic mass is 10.1. The first-order valence-electron chi connectivity index (χ1n) is 4.88. The summed E-state index contributed by atoms with van der Waals surface area (Å²) in [7, 11) is 0. The number of nitrogens with zero attached hydrogens (tertiary/aromatic N) is 2. The van der Waals surface area contributed by atoms with Crippen LogP contribution in [-0.4, -0.2) is 17.6 Å². The number of halogens is 2. The molecule has 0 unspecified atom stereocenters. The zero-order valence-electron chi connectivity index (χ0n) is 9.33. The maximum atomic E-state index is 12.8. The summed E-state index contributed by atoms with van der Waals surface area (Å²) in [5, 5.41) is 8.76. The molecule has 0 amide bonds. The van der Waals surface area contributed by atoms with E-state index in [2.05, 4.69) is 9.72 Å². The molecule has 1 rings (SSSR count). The second kappa shape index (κ2) is 5.34. The van der Waals surface area contributed by atoms with Gasteiger partial charge < -0.3 is 4.74 Å². The quantitative estimate of drug-likeness (QED) is 0.761. The Balaban J connectivity index is 3.42. The van der Waals surface area contributed by atoms with Crippen molar-refractivity contribution in [1.29, 1.82) is 5.26 Å². The first kappa shape index (κ1) is 13.0. The van der Waals surface area contributed by atoms with Gasteiger partial charge in [0.15, 0.2) is 5.69 Å². The molecule has 0 aromatic carbocycles. The lowest BCUT2D eigenvalue weighted by molar-refractivity contribution is 0.0507. The molecule has 0 saturated carbocycles. The molecule has 1 aromatic rings. The van der Waals surface area contributed by atoms with Crippen LogP contribution < -0.4 is 0 Å². The zero-order valence-corrected chi connectivity index (χ0v) is 9.33. The number of aromatic nitrogens is 1. The molecule has 0 N–H and O–H groups in total. The van der Waals surface area contributed by atoms with Crippen molar-refractivity contribution in [2.75, 3.05) is 6.61 Å². The predicted molar refractivity (Wildman–Crippen MR) is 54.6 cm³/mol. The van der Waals surface area contributed by atoms with Crippen LogP contribution in [-0.2, 0) is 4.74 Å². The van der Waals surface area contributed by atoms with Crippen LogP contribution in [0, 0.1) is 18.3 Å². The van der Waals surface area contributed by atoms with Crippen LogP contribution in [0.1, 0.15) is 40.7 Å². The standard InChI is InChI=1S/C11H10F2N2O2/c1-3-17-11(16)9-8(10(12)13)7(5-14)4-6(2)15-9/h4,10H,3H2,1-2H3. The Kier molecular flexibility index (Phi) is 4.10. The highest BCUT2D eigenvalue weighted by Crippen LogP contribution is 2.26. The predicted octanol–water partition coefficient (Wildman–Crippen LogP) is 2.38. The molecule has 0 saturated heterocycles. The molecule has 1 heterocycles. The van der Waals surface area contributed by atoms with Crippen molar-refractivity contribution in [3.05, 3.63) is 28.6 Å². The van der Waals surface area contributed by atoms with Crippen LogP contribution in [0.4, 0.5) is 8.78 Å². The van der Waals surface area contributed by atoms with Crippen LogP contribution in [0.15, 0.2) is 6.07 Å². The van der Waals surface area contributed by atoms with Crippen LogP contribution in [0.5, 0.6) is 0 Å². The number of nitriles is 1. The molecule has 0 fully saturated rings. The molecule has 90 valence electrons. The average molecular weight is 240 g/mol. The van der Waals surface area contributed by atoms with E-state index in [1.54, 1.807) is 13.0 Å². The monoisotopic (exact) mass is 240 g/mol. The molecular weight excluding hydrogens is 230 g/mol. The van der Waals surface area contributed by atoms with Gasteiger partial charge in [-0.3, -0.25) is 0 Å². The van der Waals surface area contributed by atoms with Crippen molar-refractivity contribution >= 4 is 5.97 Å². The Morgan fingerprint density at radius 1 is 1.65 bits per heavy atom. The number of carbonyl (C=O) groups excluding carboxylic acids is 1. The summed E-state index contributed by atoms with van der Waals surface area (Å²) in [6.07, 6.45) is -2.95. The van der Waals surface area contributed by atoms with E-state index in [0.29, 0.717) is 5.69 Å². The van der Waals surface area contributed by atoms with E-state index in [-0.39, 0.29) is 12.2 Å². The highest BCUT2D eigenvalue weighted by Gasteiger charge is 2.25. The van der Waals surface area contributed by atoms with Crippen LogP contribution >= 0.6 is 0 Å². The van der Waals surface area contributed by atoms with Gasteiger partial charge in [-0.15, -0.1) is 0 Å². The molecule has 1 aromatic heterocycles. The molecule has 0 spiro atoms. The van der Waals surface area contributed by atoms with Gasteiger partial charge in [0.2, 0.25) is 0 Å². The van der Waals surface area contributed by atoms with Crippen molar-refractivity contribution in [2.45, 2.75) is 20.3 Å². The number of rotatable bonds is 3. The van der Waals surface area contributed by atoms with Crippen molar-refractivity contribution in [2.24, 2.45) is 0 Å². The second-order valence-electron chi connectivity index (χ2n) is 3.21. The summed E-state index contributed by atoms with van der Waals surface area (Å²) in [4.78, 5) is 15.2. The molecule has 6 heteroatoms. The third kappa shape index (κ3) is 2.75. The average Bonchev–Trinajstić information content (AvgIpc) is 2.27. The van der Waals surface area contributed by atoms with Gasteiger partial charge in [0.1, 0.15) is 0 Å². The van der Waals surface area contributed by atoms with Gasteiger partial charge in [-0.25, -0.2) is 18.6 Å². The fraction of sp³-hybridized carbons (Fsp3) is 0.364. The fourth-order valence-electron chi connectivity index (χ4n) is 1.35. The van der Waals surface area contributed by atoms with Crippen LogP contribution in [0.25, 0.3) is 0 Å². The van der Waals surface area contributed by atoms with E-state index in [0.717, 1.165) is 0 Å². The third-order valence-electron chi connectivity index (χ3n) is 1.99. The highest BCUT2D eigenvalue weighted by molar-refractivity contribution is 5.89. The van der Waals surface area contributed by atoms with Gasteiger partial charge in [-0.2, -0.15) is 5.26 Å². The van der Waals surface area contributed by atoms with Gasteiger partial charge in [0.05, 0.1) is 23.8 Å². The van der Waals surface area contributed by atoms with E-state index < -0.39 is 23.7 Å². The van der Waals surface area contributed by atoms with Gasteiger partial charge in [0, 0.05) is 5.69 Å². The third-order valence-corrected chi connectivity index (χ3v) is 1.99. The van der Waals surface area contributed by atoms with Crippen molar-refractivity contribution < 1.29 is 18.3 Å². The summed E-state index contributed by atoms with van der Waals surface area (Å²) in [5.74, 6) is -0.942. The first-order valence-corrected chi connectivity index (χ1v) is 4.88. The Morgan fingerprint density at radius 2 is 2.29 bits per heavy atom. The Bertz CT molecular complexity index is 481. The Labute approximate surface area is 96.8 Å². The fourth-order valence-corrected chi connectivity index (χ4v) is 1.35. The number of hydrogen-bond donors (Lipinski definition) is 0. The number of aryl methyl sites for hydroxylation is 1. The van der Waals surface area contributed by atoms with Gasteiger partial charge >= 0.3 is 5.97 Å². The van der Waals surface area contributed by atoms with Crippen molar-refractivity contribution in [3.63, 3.8) is 0 Å². The smallest absolute Gasteiger partial charge is 0.357 e. The number of pyridine rings is 1. The maximum Gasteiger partial charge on any atom is 0.357 e. The number of hydrogen-bond acceptors (Lipinski definition) is 4. The summed E-state index contributed by atoms with van der Waals surface area (Å²) in [6, 6.07) is 2.84. The number of ether oxygens (including phenoxy) is 1. The molecule has 17 heavy (non-hydrogen) atoms.